The number of hydrogen-bond donors (Lipinski definition) is 0. The largest absolute Gasteiger partial charge is 0.303 e. The van der Waals surface area contributed by atoms with Crippen LogP contribution in [-0.2, 0) is 13.0 Å². The zero-order valence-corrected chi connectivity index (χ0v) is 16.0. The van der Waals surface area contributed by atoms with Gasteiger partial charge in [-0.15, -0.1) is 11.3 Å². The van der Waals surface area contributed by atoms with E-state index in [1.807, 2.05) is 16.9 Å². The van der Waals surface area contributed by atoms with E-state index < -0.39 is 0 Å². The molecule has 26 heavy (non-hydrogen) atoms. The summed E-state index contributed by atoms with van der Waals surface area (Å²) in [6, 6.07) is 10.7. The molecule has 136 valence electrons. The van der Waals surface area contributed by atoms with Crippen LogP contribution in [0.3, 0.4) is 0 Å². The van der Waals surface area contributed by atoms with E-state index in [-0.39, 0.29) is 5.56 Å². The fraction of sp³-hybridized carbons (Fsp3) is 0.429. The van der Waals surface area contributed by atoms with Gasteiger partial charge in [0.2, 0.25) is 0 Å². The van der Waals surface area contributed by atoms with E-state index in [1.54, 1.807) is 6.33 Å². The second-order valence-electron chi connectivity index (χ2n) is 7.34. The fourth-order valence-corrected chi connectivity index (χ4v) is 4.85. The topological polar surface area (TPSA) is 38.1 Å². The monoisotopic (exact) mass is 367 g/mol. The van der Waals surface area contributed by atoms with Gasteiger partial charge in [-0.25, -0.2) is 4.98 Å². The molecular weight excluding hydrogens is 342 g/mol. The summed E-state index contributed by atoms with van der Waals surface area (Å²) in [6.07, 6.45) is 5.24. The van der Waals surface area contributed by atoms with Crippen molar-refractivity contribution < 1.29 is 0 Å². The van der Waals surface area contributed by atoms with Crippen molar-refractivity contribution in [3.8, 4) is 0 Å². The molecule has 0 bridgehead atoms. The van der Waals surface area contributed by atoms with Crippen LogP contribution in [0.15, 0.2) is 46.8 Å². The average molecular weight is 368 g/mol. The second kappa shape index (κ2) is 7.72. The maximum atomic E-state index is 12.7. The minimum atomic E-state index is 0.120. The highest BCUT2D eigenvalue weighted by Crippen LogP contribution is 2.21. The lowest BCUT2D eigenvalue weighted by Crippen LogP contribution is -2.39. The average Bonchev–Trinajstić information content (AvgIpc) is 3.05. The molecule has 1 aliphatic rings. The van der Waals surface area contributed by atoms with E-state index in [2.05, 4.69) is 40.2 Å². The van der Waals surface area contributed by atoms with Crippen molar-refractivity contribution >= 4 is 21.6 Å². The van der Waals surface area contributed by atoms with E-state index in [1.165, 1.54) is 36.3 Å². The fourth-order valence-electron chi connectivity index (χ4n) is 3.90. The van der Waals surface area contributed by atoms with Gasteiger partial charge in [0, 0.05) is 19.6 Å². The Hall–Kier alpha value is -1.98. The van der Waals surface area contributed by atoms with Crippen molar-refractivity contribution in [3.05, 3.63) is 63.5 Å². The molecule has 1 unspecified atom stereocenters. The summed E-state index contributed by atoms with van der Waals surface area (Å²) in [6.45, 7) is 6.12. The Balaban J connectivity index is 1.40. The van der Waals surface area contributed by atoms with Gasteiger partial charge >= 0.3 is 0 Å². The van der Waals surface area contributed by atoms with Crippen molar-refractivity contribution in [3.63, 3.8) is 0 Å². The summed E-state index contributed by atoms with van der Waals surface area (Å²) < 4.78 is 2.62. The number of thiophene rings is 1. The third-order valence-electron chi connectivity index (χ3n) is 5.34. The van der Waals surface area contributed by atoms with Gasteiger partial charge in [-0.05, 0) is 55.2 Å². The predicted molar refractivity (Wildman–Crippen MR) is 108 cm³/mol. The van der Waals surface area contributed by atoms with Crippen LogP contribution in [0.25, 0.3) is 10.2 Å². The number of nitrogens with zero attached hydrogens (tertiary/aromatic N) is 3. The number of aryl methyl sites for hydroxylation is 1. The Kier molecular flexibility index (Phi) is 5.18. The number of rotatable bonds is 5. The summed E-state index contributed by atoms with van der Waals surface area (Å²) in [7, 11) is 0. The van der Waals surface area contributed by atoms with Gasteiger partial charge < -0.3 is 4.90 Å². The molecule has 0 radical (unpaired) electrons. The molecule has 3 heterocycles. The highest BCUT2D eigenvalue weighted by atomic mass is 32.1. The number of benzene rings is 1. The standard InChI is InChI=1S/C21H25N3OS/c1-16-14-26-20-19(16)22-15-24(21(20)25)13-18-8-5-10-23(12-18)11-9-17-6-3-2-4-7-17/h2-4,6-7,14-15,18H,5,8-13H2,1H3. The zero-order valence-electron chi connectivity index (χ0n) is 15.2. The van der Waals surface area contributed by atoms with Crippen LogP contribution in [-0.4, -0.2) is 34.1 Å². The Morgan fingerprint density at radius 3 is 2.96 bits per heavy atom. The maximum Gasteiger partial charge on any atom is 0.271 e. The zero-order chi connectivity index (χ0) is 17.9. The molecule has 1 atom stereocenters. The molecule has 0 saturated carbocycles. The van der Waals surface area contributed by atoms with Crippen molar-refractivity contribution in [2.24, 2.45) is 5.92 Å². The molecule has 0 N–H and O–H groups in total. The normalized spacial score (nSPS) is 18.4. The molecule has 2 aromatic heterocycles. The lowest BCUT2D eigenvalue weighted by Gasteiger charge is -2.33. The van der Waals surface area contributed by atoms with Crippen LogP contribution in [0.4, 0.5) is 0 Å². The molecule has 4 nitrogen and oxygen atoms in total. The third kappa shape index (κ3) is 3.74. The molecular formula is C21H25N3OS. The van der Waals surface area contributed by atoms with Crippen LogP contribution in [0.2, 0.25) is 0 Å². The van der Waals surface area contributed by atoms with Crippen molar-refractivity contribution in [2.75, 3.05) is 19.6 Å². The molecule has 1 fully saturated rings. The van der Waals surface area contributed by atoms with Gasteiger partial charge in [-0.2, -0.15) is 0 Å². The molecule has 0 amide bonds. The number of hydrogen-bond acceptors (Lipinski definition) is 4. The molecule has 1 saturated heterocycles. The first-order chi connectivity index (χ1) is 12.7. The van der Waals surface area contributed by atoms with E-state index >= 15 is 0 Å². The predicted octanol–water partition coefficient (Wildman–Crippen LogP) is 3.72. The number of likely N-dealkylation sites (tertiary alicyclic amines) is 1. The summed E-state index contributed by atoms with van der Waals surface area (Å²) in [5, 5.41) is 2.02. The summed E-state index contributed by atoms with van der Waals surface area (Å²) >= 11 is 1.52. The molecule has 1 aliphatic heterocycles. The lowest BCUT2D eigenvalue weighted by molar-refractivity contribution is 0.163. The first kappa shape index (κ1) is 17.4. The second-order valence-corrected chi connectivity index (χ2v) is 8.22. The Bertz CT molecular complexity index is 931. The van der Waals surface area contributed by atoms with Crippen molar-refractivity contribution in [1.82, 2.24) is 14.5 Å². The first-order valence-electron chi connectivity index (χ1n) is 9.40. The van der Waals surface area contributed by atoms with Gasteiger partial charge in [0.25, 0.3) is 5.56 Å². The summed E-state index contributed by atoms with van der Waals surface area (Å²) in [5.74, 6) is 0.525. The highest BCUT2D eigenvalue weighted by Gasteiger charge is 2.21. The van der Waals surface area contributed by atoms with Crippen molar-refractivity contribution in [2.45, 2.75) is 32.7 Å². The third-order valence-corrected chi connectivity index (χ3v) is 6.42. The van der Waals surface area contributed by atoms with Gasteiger partial charge in [-0.3, -0.25) is 9.36 Å². The van der Waals surface area contributed by atoms with Crippen LogP contribution < -0.4 is 5.56 Å². The summed E-state index contributed by atoms with van der Waals surface area (Å²) in [4.78, 5) is 19.8. The van der Waals surface area contributed by atoms with Crippen LogP contribution in [0.5, 0.6) is 0 Å². The van der Waals surface area contributed by atoms with Gasteiger partial charge in [0.05, 0.1) is 11.8 Å². The minimum absolute atomic E-state index is 0.120. The number of fused-ring (bicyclic) bond motifs is 1. The molecule has 4 rings (SSSR count). The van der Waals surface area contributed by atoms with E-state index in [0.29, 0.717) is 5.92 Å². The van der Waals surface area contributed by atoms with E-state index in [9.17, 15) is 4.79 Å². The Morgan fingerprint density at radius 1 is 1.27 bits per heavy atom. The maximum absolute atomic E-state index is 12.7. The van der Waals surface area contributed by atoms with Crippen LogP contribution >= 0.6 is 11.3 Å². The minimum Gasteiger partial charge on any atom is -0.303 e. The lowest BCUT2D eigenvalue weighted by atomic mass is 9.97. The van der Waals surface area contributed by atoms with Crippen molar-refractivity contribution in [1.29, 1.82) is 0 Å². The molecule has 0 spiro atoms. The Morgan fingerprint density at radius 2 is 2.12 bits per heavy atom. The molecule has 0 aliphatic carbocycles. The van der Waals surface area contributed by atoms with Gasteiger partial charge in [0.1, 0.15) is 4.70 Å². The molecule has 3 aromatic rings. The first-order valence-corrected chi connectivity index (χ1v) is 10.3. The van der Waals surface area contributed by atoms with E-state index in [0.717, 1.165) is 41.8 Å². The SMILES string of the molecule is Cc1csc2c(=O)n(CC3CCCN(CCc4ccccc4)C3)cnc12. The molecule has 1 aromatic carbocycles. The van der Waals surface area contributed by atoms with Crippen LogP contribution in [0.1, 0.15) is 24.0 Å². The van der Waals surface area contributed by atoms with Crippen LogP contribution in [0, 0.1) is 12.8 Å². The highest BCUT2D eigenvalue weighted by molar-refractivity contribution is 7.17. The number of aromatic nitrogens is 2. The van der Waals surface area contributed by atoms with Gasteiger partial charge in [-0.1, -0.05) is 30.3 Å². The van der Waals surface area contributed by atoms with E-state index in [4.69, 9.17) is 0 Å². The Labute approximate surface area is 158 Å². The van der Waals surface area contributed by atoms with Gasteiger partial charge in [0.15, 0.2) is 0 Å². The quantitative estimate of drug-likeness (QED) is 0.690. The smallest absolute Gasteiger partial charge is 0.271 e. The number of piperidine rings is 1. The molecule has 5 heteroatoms. The summed E-state index contributed by atoms with van der Waals surface area (Å²) in [5.41, 5.74) is 3.48.